The molecule has 2 aromatic rings. The molecule has 11 heteroatoms. The molecule has 1 N–H and O–H groups in total. The number of para-hydroxylation sites is 2. The molecular formula is C12H7Cl2F3N2O3S. The van der Waals surface area contributed by atoms with Gasteiger partial charge in [-0.15, -0.1) is 13.2 Å². The summed E-state index contributed by atoms with van der Waals surface area (Å²) in [5.74, 6) is -0.707. The normalized spacial score (nSPS) is 12.0. The zero-order valence-corrected chi connectivity index (χ0v) is 13.3. The summed E-state index contributed by atoms with van der Waals surface area (Å²) in [6.45, 7) is 0. The number of alkyl halides is 3. The molecule has 0 aliphatic rings. The summed E-state index contributed by atoms with van der Waals surface area (Å²) in [7, 11) is -4.29. The molecule has 0 fully saturated rings. The Morgan fingerprint density at radius 1 is 1.09 bits per heavy atom. The molecule has 5 nitrogen and oxygen atoms in total. The minimum atomic E-state index is -4.97. The summed E-state index contributed by atoms with van der Waals surface area (Å²) in [5, 5.41) is -0.450. The number of nitrogens with zero attached hydrogens (tertiary/aromatic N) is 1. The van der Waals surface area contributed by atoms with Crippen molar-refractivity contribution in [1.82, 2.24) is 4.98 Å². The highest BCUT2D eigenvalue weighted by Gasteiger charge is 2.32. The summed E-state index contributed by atoms with van der Waals surface area (Å²) in [6, 6.07) is 6.93. The number of sulfonamides is 1. The molecule has 0 atom stereocenters. The van der Waals surface area contributed by atoms with E-state index in [1.807, 2.05) is 4.72 Å². The fourth-order valence-corrected chi connectivity index (χ4v) is 3.30. The number of anilines is 1. The Labute approximate surface area is 139 Å². The zero-order chi connectivity index (χ0) is 17.3. The van der Waals surface area contributed by atoms with Crippen LogP contribution >= 0.6 is 23.2 Å². The quantitative estimate of drug-likeness (QED) is 0.803. The van der Waals surface area contributed by atoms with Crippen LogP contribution in [0.25, 0.3) is 0 Å². The van der Waals surface area contributed by atoms with Crippen molar-refractivity contribution in [3.8, 4) is 5.75 Å². The van der Waals surface area contributed by atoms with Crippen molar-refractivity contribution in [3.05, 3.63) is 46.7 Å². The van der Waals surface area contributed by atoms with E-state index in [0.717, 1.165) is 18.2 Å². The van der Waals surface area contributed by atoms with E-state index < -0.39 is 37.9 Å². The summed E-state index contributed by atoms with van der Waals surface area (Å²) in [6.07, 6.45) is -4.97. The maximum absolute atomic E-state index is 12.3. The molecule has 0 amide bonds. The van der Waals surface area contributed by atoms with Crippen LogP contribution in [0.4, 0.5) is 18.9 Å². The third-order valence-corrected chi connectivity index (χ3v) is 4.43. The molecule has 0 aliphatic heterocycles. The topological polar surface area (TPSA) is 68.3 Å². The number of pyridine rings is 1. The molecule has 23 heavy (non-hydrogen) atoms. The van der Waals surface area contributed by atoms with Crippen molar-refractivity contribution >= 4 is 38.9 Å². The van der Waals surface area contributed by atoms with E-state index >= 15 is 0 Å². The number of hydrogen-bond acceptors (Lipinski definition) is 4. The molecule has 0 spiro atoms. The Balaban J connectivity index is 2.38. The van der Waals surface area contributed by atoms with Crippen LogP contribution in [0.3, 0.4) is 0 Å². The first-order valence-electron chi connectivity index (χ1n) is 5.78. The fraction of sp³-hybridized carbons (Fsp3) is 0.0833. The summed E-state index contributed by atoms with van der Waals surface area (Å²) in [5.41, 5.74) is -0.407. The lowest BCUT2D eigenvalue weighted by atomic mass is 10.3. The zero-order valence-electron chi connectivity index (χ0n) is 10.9. The van der Waals surface area contributed by atoms with E-state index in [9.17, 15) is 21.6 Å². The molecule has 2 rings (SSSR count). The summed E-state index contributed by atoms with van der Waals surface area (Å²) in [4.78, 5) is 3.12. The third-order valence-electron chi connectivity index (χ3n) is 2.43. The van der Waals surface area contributed by atoms with Gasteiger partial charge in [-0.1, -0.05) is 35.3 Å². The molecule has 1 aromatic heterocycles. The van der Waals surface area contributed by atoms with Gasteiger partial charge in [-0.05, 0) is 24.3 Å². The Morgan fingerprint density at radius 3 is 2.35 bits per heavy atom. The first-order valence-corrected chi connectivity index (χ1v) is 8.02. The number of nitrogens with one attached hydrogen (secondary N) is 1. The van der Waals surface area contributed by atoms with Gasteiger partial charge in [0.2, 0.25) is 0 Å². The molecule has 0 bridgehead atoms. The van der Waals surface area contributed by atoms with Gasteiger partial charge in [0, 0.05) is 0 Å². The van der Waals surface area contributed by atoms with Gasteiger partial charge in [0.25, 0.3) is 10.0 Å². The van der Waals surface area contributed by atoms with Gasteiger partial charge in [0.15, 0.2) is 10.9 Å². The summed E-state index contributed by atoms with van der Waals surface area (Å²) < 4.78 is 67.2. The molecule has 1 heterocycles. The van der Waals surface area contributed by atoms with E-state index in [2.05, 4.69) is 9.72 Å². The van der Waals surface area contributed by atoms with Crippen LogP contribution in [0.15, 0.2) is 41.3 Å². The predicted octanol–water partition coefficient (Wildman–Crippen LogP) is 4.09. The van der Waals surface area contributed by atoms with Crippen LogP contribution < -0.4 is 9.46 Å². The number of ether oxygens (including phenoxy) is 1. The highest BCUT2D eigenvalue weighted by molar-refractivity contribution is 7.92. The molecule has 1 aromatic carbocycles. The summed E-state index contributed by atoms with van der Waals surface area (Å²) >= 11 is 11.3. The van der Waals surface area contributed by atoms with Gasteiger partial charge >= 0.3 is 6.36 Å². The molecule has 0 aliphatic carbocycles. The first kappa shape index (κ1) is 17.6. The van der Waals surface area contributed by atoms with Gasteiger partial charge < -0.3 is 4.74 Å². The smallest absolute Gasteiger partial charge is 0.404 e. The largest absolute Gasteiger partial charge is 0.573 e. The van der Waals surface area contributed by atoms with Crippen LogP contribution in [0, 0.1) is 0 Å². The highest BCUT2D eigenvalue weighted by atomic mass is 35.5. The van der Waals surface area contributed by atoms with Crippen molar-refractivity contribution < 1.29 is 26.3 Å². The Bertz CT molecular complexity index is 829. The average molecular weight is 387 g/mol. The van der Waals surface area contributed by atoms with Crippen molar-refractivity contribution in [1.29, 1.82) is 0 Å². The van der Waals surface area contributed by atoms with Crippen LogP contribution in [0.5, 0.6) is 5.75 Å². The van der Waals surface area contributed by atoms with Crippen LogP contribution in [0.2, 0.25) is 10.3 Å². The van der Waals surface area contributed by atoms with Crippen molar-refractivity contribution in [2.24, 2.45) is 0 Å². The molecule has 0 unspecified atom stereocenters. The van der Waals surface area contributed by atoms with Crippen LogP contribution in [-0.4, -0.2) is 19.8 Å². The standard InChI is InChI=1S/C12H7Cl2F3N2O3S/c13-10-6-5-9(11(14)18-10)23(20,21)19-7-3-1-2-4-8(7)22-12(15,16)17/h1-6,19H. The van der Waals surface area contributed by atoms with Crippen molar-refractivity contribution in [3.63, 3.8) is 0 Å². The van der Waals surface area contributed by atoms with E-state index in [0.29, 0.717) is 0 Å². The monoisotopic (exact) mass is 386 g/mol. The fourth-order valence-electron chi connectivity index (χ4n) is 1.56. The van der Waals surface area contributed by atoms with Crippen LogP contribution in [0.1, 0.15) is 0 Å². The van der Waals surface area contributed by atoms with Crippen molar-refractivity contribution in [2.45, 2.75) is 11.3 Å². The molecule has 0 saturated carbocycles. The van der Waals surface area contributed by atoms with E-state index in [1.165, 1.54) is 18.2 Å². The Morgan fingerprint density at radius 2 is 1.74 bits per heavy atom. The molecule has 0 radical (unpaired) electrons. The maximum Gasteiger partial charge on any atom is 0.573 e. The van der Waals surface area contributed by atoms with Gasteiger partial charge in [-0.2, -0.15) is 0 Å². The molecule has 0 saturated heterocycles. The SMILES string of the molecule is O=S(=O)(Nc1ccccc1OC(F)(F)F)c1ccc(Cl)nc1Cl. The van der Waals surface area contributed by atoms with E-state index in [-0.39, 0.29) is 5.15 Å². The van der Waals surface area contributed by atoms with Gasteiger partial charge in [0.05, 0.1) is 5.69 Å². The second-order valence-electron chi connectivity index (χ2n) is 4.07. The van der Waals surface area contributed by atoms with Crippen LogP contribution in [-0.2, 0) is 10.0 Å². The first-order chi connectivity index (χ1) is 10.6. The van der Waals surface area contributed by atoms with E-state index in [4.69, 9.17) is 23.2 Å². The number of hydrogen-bond donors (Lipinski definition) is 1. The minimum Gasteiger partial charge on any atom is -0.404 e. The van der Waals surface area contributed by atoms with Gasteiger partial charge in [0.1, 0.15) is 10.0 Å². The lowest BCUT2D eigenvalue weighted by molar-refractivity contribution is -0.274. The number of aromatic nitrogens is 1. The maximum atomic E-state index is 12.3. The lowest BCUT2D eigenvalue weighted by Crippen LogP contribution is -2.20. The molecule has 124 valence electrons. The van der Waals surface area contributed by atoms with Gasteiger partial charge in [-0.25, -0.2) is 13.4 Å². The highest BCUT2D eigenvalue weighted by Crippen LogP contribution is 2.32. The number of halogens is 5. The number of benzene rings is 1. The number of rotatable bonds is 4. The lowest BCUT2D eigenvalue weighted by Gasteiger charge is -2.15. The van der Waals surface area contributed by atoms with Crippen molar-refractivity contribution in [2.75, 3.05) is 4.72 Å². The van der Waals surface area contributed by atoms with E-state index in [1.54, 1.807) is 0 Å². The van der Waals surface area contributed by atoms with Gasteiger partial charge in [-0.3, -0.25) is 4.72 Å². The minimum absolute atomic E-state index is 0.0326. The Hall–Kier alpha value is -1.71. The average Bonchev–Trinajstić information content (AvgIpc) is 2.38. The third kappa shape index (κ3) is 4.63. The second-order valence-corrected chi connectivity index (χ2v) is 6.47. The second kappa shape index (κ2) is 6.42. The predicted molar refractivity (Wildman–Crippen MR) is 78.2 cm³/mol. The molecular weight excluding hydrogens is 380 g/mol. The Kier molecular flexibility index (Phi) is 4.92.